The molecule has 0 spiro atoms. The molecule has 0 bridgehead atoms. The van der Waals surface area contributed by atoms with Crippen molar-refractivity contribution in [3.63, 3.8) is 0 Å². The standard InChI is InChI=1S/C13H14N4O3S/c18-17(19)10-1-2-12-11(7-10)13(15-8-14-12)16-9-3-5-21(20)6-4-9/h1-2,7-9H,3-6H2,(H,14,15,16). The predicted octanol–water partition coefficient (Wildman–Crippen LogP) is 1.86. The van der Waals surface area contributed by atoms with Gasteiger partial charge in [0.2, 0.25) is 0 Å². The van der Waals surface area contributed by atoms with E-state index in [1.807, 2.05) is 0 Å². The second-order valence-corrected chi connectivity index (χ2v) is 6.64. The van der Waals surface area contributed by atoms with Crippen molar-refractivity contribution in [1.82, 2.24) is 9.97 Å². The average Bonchev–Trinajstić information content (AvgIpc) is 2.49. The normalized spacial score (nSPS) is 22.1. The second kappa shape index (κ2) is 5.72. The molecule has 0 saturated carbocycles. The number of hydrogen-bond donors (Lipinski definition) is 1. The fourth-order valence-electron chi connectivity index (χ4n) is 2.40. The Balaban J connectivity index is 1.92. The molecule has 21 heavy (non-hydrogen) atoms. The van der Waals surface area contributed by atoms with E-state index in [-0.39, 0.29) is 11.7 Å². The molecule has 1 aliphatic heterocycles. The van der Waals surface area contributed by atoms with Crippen LogP contribution in [0.1, 0.15) is 12.8 Å². The van der Waals surface area contributed by atoms with Gasteiger partial charge in [-0.15, -0.1) is 0 Å². The van der Waals surface area contributed by atoms with E-state index in [1.54, 1.807) is 6.07 Å². The summed E-state index contributed by atoms with van der Waals surface area (Å²) in [6, 6.07) is 4.73. The number of hydrogen-bond acceptors (Lipinski definition) is 6. The number of nitro benzene ring substituents is 1. The molecule has 0 aliphatic carbocycles. The monoisotopic (exact) mass is 306 g/mol. The van der Waals surface area contributed by atoms with Crippen LogP contribution < -0.4 is 5.32 Å². The van der Waals surface area contributed by atoms with Crippen molar-refractivity contribution in [1.29, 1.82) is 0 Å². The predicted molar refractivity (Wildman–Crippen MR) is 80.7 cm³/mol. The van der Waals surface area contributed by atoms with Crippen LogP contribution >= 0.6 is 0 Å². The zero-order valence-electron chi connectivity index (χ0n) is 11.2. The van der Waals surface area contributed by atoms with Crippen LogP contribution in [-0.2, 0) is 10.8 Å². The molecule has 1 aromatic heterocycles. The van der Waals surface area contributed by atoms with Crippen LogP contribution in [0.15, 0.2) is 24.5 Å². The fraction of sp³-hybridized carbons (Fsp3) is 0.385. The maximum Gasteiger partial charge on any atom is 0.270 e. The van der Waals surface area contributed by atoms with Crippen LogP contribution in [0, 0.1) is 10.1 Å². The molecule has 0 unspecified atom stereocenters. The maximum absolute atomic E-state index is 11.4. The minimum absolute atomic E-state index is 0.0186. The van der Waals surface area contributed by atoms with E-state index in [4.69, 9.17) is 0 Å². The van der Waals surface area contributed by atoms with Crippen LogP contribution in [-0.4, -0.2) is 36.6 Å². The zero-order chi connectivity index (χ0) is 14.8. The fourth-order valence-corrected chi connectivity index (χ4v) is 3.70. The lowest BCUT2D eigenvalue weighted by molar-refractivity contribution is -0.384. The summed E-state index contributed by atoms with van der Waals surface area (Å²) < 4.78 is 11.4. The van der Waals surface area contributed by atoms with Gasteiger partial charge in [-0.25, -0.2) is 9.97 Å². The number of benzene rings is 1. The first-order chi connectivity index (χ1) is 10.1. The van der Waals surface area contributed by atoms with E-state index in [2.05, 4.69) is 15.3 Å². The summed E-state index contributed by atoms with van der Waals surface area (Å²) in [6.07, 6.45) is 3.07. The summed E-state index contributed by atoms with van der Waals surface area (Å²) >= 11 is 0. The zero-order valence-corrected chi connectivity index (χ0v) is 12.0. The summed E-state index contributed by atoms with van der Waals surface area (Å²) in [4.78, 5) is 18.8. The van der Waals surface area contributed by atoms with Crippen molar-refractivity contribution < 1.29 is 9.13 Å². The van der Waals surface area contributed by atoms with Crippen LogP contribution in [0.3, 0.4) is 0 Å². The number of anilines is 1. The van der Waals surface area contributed by atoms with Gasteiger partial charge in [-0.3, -0.25) is 14.3 Å². The molecule has 0 amide bonds. The number of nitrogens with zero attached hydrogens (tertiary/aromatic N) is 3. The Kier molecular flexibility index (Phi) is 3.78. The molecule has 8 heteroatoms. The van der Waals surface area contributed by atoms with Gasteiger partial charge < -0.3 is 5.32 Å². The number of non-ortho nitro benzene ring substituents is 1. The van der Waals surface area contributed by atoms with Gasteiger partial charge in [0.15, 0.2) is 0 Å². The topological polar surface area (TPSA) is 98.0 Å². The SMILES string of the molecule is O=[N+]([O-])c1ccc2ncnc(NC3CCS(=O)CC3)c2c1. The van der Waals surface area contributed by atoms with Crippen molar-refractivity contribution in [3.05, 3.63) is 34.6 Å². The van der Waals surface area contributed by atoms with E-state index in [0.29, 0.717) is 28.2 Å². The number of nitrogens with one attached hydrogen (secondary N) is 1. The molecule has 1 aliphatic rings. The van der Waals surface area contributed by atoms with Gasteiger partial charge in [0.1, 0.15) is 12.1 Å². The summed E-state index contributed by atoms with van der Waals surface area (Å²) in [5.74, 6) is 1.96. The molecule has 0 atom stereocenters. The molecule has 1 saturated heterocycles. The van der Waals surface area contributed by atoms with E-state index in [0.717, 1.165) is 12.8 Å². The van der Waals surface area contributed by atoms with Gasteiger partial charge in [-0.1, -0.05) is 0 Å². The molecule has 110 valence electrons. The highest BCUT2D eigenvalue weighted by molar-refractivity contribution is 7.85. The molecule has 1 N–H and O–H groups in total. The number of rotatable bonds is 3. The van der Waals surface area contributed by atoms with Crippen LogP contribution in [0.25, 0.3) is 10.9 Å². The number of fused-ring (bicyclic) bond motifs is 1. The van der Waals surface area contributed by atoms with E-state index >= 15 is 0 Å². The summed E-state index contributed by atoms with van der Waals surface area (Å²) in [6.45, 7) is 0. The molecule has 2 heterocycles. The first-order valence-corrected chi connectivity index (χ1v) is 8.13. The average molecular weight is 306 g/mol. The van der Waals surface area contributed by atoms with Crippen LogP contribution in [0.2, 0.25) is 0 Å². The highest BCUT2D eigenvalue weighted by atomic mass is 32.2. The Labute approximate surface area is 123 Å². The molecule has 1 aromatic carbocycles. The quantitative estimate of drug-likeness (QED) is 0.686. The van der Waals surface area contributed by atoms with E-state index < -0.39 is 15.7 Å². The smallest absolute Gasteiger partial charge is 0.270 e. The largest absolute Gasteiger partial charge is 0.367 e. The van der Waals surface area contributed by atoms with Crippen molar-refractivity contribution in [3.8, 4) is 0 Å². The third kappa shape index (κ3) is 2.99. The minimum atomic E-state index is -0.718. The highest BCUT2D eigenvalue weighted by Gasteiger charge is 2.19. The van der Waals surface area contributed by atoms with E-state index in [1.165, 1.54) is 18.5 Å². The second-order valence-electron chi connectivity index (χ2n) is 4.95. The van der Waals surface area contributed by atoms with Crippen LogP contribution in [0.5, 0.6) is 0 Å². The molecule has 7 nitrogen and oxygen atoms in total. The molecule has 2 aromatic rings. The molecule has 0 radical (unpaired) electrons. The van der Waals surface area contributed by atoms with Crippen molar-refractivity contribution in [2.75, 3.05) is 16.8 Å². The molecule has 1 fully saturated rings. The Morgan fingerprint density at radius 1 is 1.29 bits per heavy atom. The van der Waals surface area contributed by atoms with E-state index in [9.17, 15) is 14.3 Å². The molecular formula is C13H14N4O3S. The van der Waals surface area contributed by atoms with Gasteiger partial charge >= 0.3 is 0 Å². The molecular weight excluding hydrogens is 292 g/mol. The van der Waals surface area contributed by atoms with Gasteiger partial charge in [-0.2, -0.15) is 0 Å². The molecule has 3 rings (SSSR count). The van der Waals surface area contributed by atoms with Gasteiger partial charge in [0.25, 0.3) is 5.69 Å². The van der Waals surface area contributed by atoms with Gasteiger partial charge in [0, 0.05) is 45.9 Å². The maximum atomic E-state index is 11.4. The first kappa shape index (κ1) is 13.9. The third-order valence-electron chi connectivity index (χ3n) is 3.56. The summed E-state index contributed by atoms with van der Waals surface area (Å²) in [7, 11) is -0.718. The van der Waals surface area contributed by atoms with Crippen LogP contribution in [0.4, 0.5) is 11.5 Å². The Morgan fingerprint density at radius 2 is 2.05 bits per heavy atom. The van der Waals surface area contributed by atoms with Gasteiger partial charge in [-0.05, 0) is 18.9 Å². The van der Waals surface area contributed by atoms with Crippen molar-refractivity contribution in [2.24, 2.45) is 0 Å². The lowest BCUT2D eigenvalue weighted by Gasteiger charge is -2.23. The Bertz CT molecular complexity index is 712. The Hall–Kier alpha value is -2.09. The summed E-state index contributed by atoms with van der Waals surface area (Å²) in [5, 5.41) is 14.8. The minimum Gasteiger partial charge on any atom is -0.367 e. The number of aromatic nitrogens is 2. The summed E-state index contributed by atoms with van der Waals surface area (Å²) in [5.41, 5.74) is 0.683. The lowest BCUT2D eigenvalue weighted by Crippen LogP contribution is -2.29. The number of nitro groups is 1. The lowest BCUT2D eigenvalue weighted by atomic mass is 10.1. The third-order valence-corrected chi connectivity index (χ3v) is 4.94. The highest BCUT2D eigenvalue weighted by Crippen LogP contribution is 2.26. The Morgan fingerprint density at radius 3 is 2.76 bits per heavy atom. The first-order valence-electron chi connectivity index (χ1n) is 6.64. The van der Waals surface area contributed by atoms with Crippen molar-refractivity contribution >= 4 is 33.2 Å². The van der Waals surface area contributed by atoms with Gasteiger partial charge in [0.05, 0.1) is 10.4 Å². The van der Waals surface area contributed by atoms with Crippen molar-refractivity contribution in [2.45, 2.75) is 18.9 Å².